The van der Waals surface area contributed by atoms with Crippen LogP contribution in [0.25, 0.3) is 0 Å². The normalized spacial score (nSPS) is 22.6. The Hall–Kier alpha value is -1.26. The number of fused-ring (bicyclic) bond motifs is 1. The smallest absolute Gasteiger partial charge is 0.250 e. The highest BCUT2D eigenvalue weighted by Crippen LogP contribution is 2.40. The van der Waals surface area contributed by atoms with Crippen LogP contribution < -0.4 is 9.47 Å². The molecule has 1 saturated heterocycles. The van der Waals surface area contributed by atoms with Crippen molar-refractivity contribution in [1.82, 2.24) is 9.80 Å². The Morgan fingerprint density at radius 2 is 1.63 bits per heavy atom. The van der Waals surface area contributed by atoms with Crippen LogP contribution in [-0.2, 0) is 0 Å². The highest BCUT2D eigenvalue weighted by atomic mass is 16.7. The Bertz CT molecular complexity index is 417. The Balaban J connectivity index is 1.54. The Morgan fingerprint density at radius 3 is 2.21 bits per heavy atom. The highest BCUT2D eigenvalue weighted by Gasteiger charge is 2.36. The molecule has 0 unspecified atom stereocenters. The van der Waals surface area contributed by atoms with E-state index in [1.54, 1.807) is 0 Å². The zero-order chi connectivity index (χ0) is 13.3. The maximum atomic E-state index is 5.95. The number of hydrogen-bond acceptors (Lipinski definition) is 4. The molecule has 1 aromatic carbocycles. The maximum Gasteiger partial charge on any atom is 0.250 e. The van der Waals surface area contributed by atoms with Gasteiger partial charge in [0.1, 0.15) is 0 Å². The minimum absolute atomic E-state index is 0.507. The molecule has 0 saturated carbocycles. The third-order valence-electron chi connectivity index (χ3n) is 3.98. The molecule has 2 heterocycles. The fourth-order valence-corrected chi connectivity index (χ4v) is 2.64. The molecule has 1 fully saturated rings. The van der Waals surface area contributed by atoms with Crippen LogP contribution in [0.1, 0.15) is 13.3 Å². The molecule has 0 aromatic heterocycles. The molecule has 0 spiro atoms. The van der Waals surface area contributed by atoms with Crippen LogP contribution >= 0.6 is 0 Å². The van der Waals surface area contributed by atoms with Crippen molar-refractivity contribution in [2.45, 2.75) is 19.1 Å². The molecule has 4 heteroatoms. The van der Waals surface area contributed by atoms with Crippen molar-refractivity contribution in [3.8, 4) is 11.5 Å². The zero-order valence-corrected chi connectivity index (χ0v) is 11.8. The fraction of sp³-hybridized carbons (Fsp3) is 0.600. The molecule has 0 amide bonds. The lowest BCUT2D eigenvalue weighted by atomic mass is 10.2. The van der Waals surface area contributed by atoms with Crippen LogP contribution in [0.5, 0.6) is 11.5 Å². The minimum atomic E-state index is -0.507. The molecule has 0 atom stereocenters. The Labute approximate surface area is 114 Å². The van der Waals surface area contributed by atoms with Crippen LogP contribution in [0.3, 0.4) is 0 Å². The number of ether oxygens (including phenoxy) is 2. The second-order valence-corrected chi connectivity index (χ2v) is 5.68. The lowest BCUT2D eigenvalue weighted by Crippen LogP contribution is -2.47. The van der Waals surface area contributed by atoms with Crippen molar-refractivity contribution in [2.75, 3.05) is 39.8 Å². The number of rotatable bonds is 3. The lowest BCUT2D eigenvalue weighted by Gasteiger charge is -2.34. The van der Waals surface area contributed by atoms with Gasteiger partial charge in [-0.3, -0.25) is 0 Å². The summed E-state index contributed by atoms with van der Waals surface area (Å²) in [6.45, 7) is 7.64. The molecule has 2 aliphatic heterocycles. The molecule has 1 aromatic rings. The fourth-order valence-electron chi connectivity index (χ4n) is 2.64. The summed E-state index contributed by atoms with van der Waals surface area (Å²) in [5, 5.41) is 0. The molecule has 19 heavy (non-hydrogen) atoms. The maximum absolute atomic E-state index is 5.95. The van der Waals surface area contributed by atoms with Crippen molar-refractivity contribution in [3.05, 3.63) is 24.3 Å². The predicted molar refractivity (Wildman–Crippen MR) is 74.7 cm³/mol. The summed E-state index contributed by atoms with van der Waals surface area (Å²) in [5.41, 5.74) is 0. The van der Waals surface area contributed by atoms with Gasteiger partial charge in [0.05, 0.1) is 0 Å². The molecule has 3 rings (SSSR count). The van der Waals surface area contributed by atoms with E-state index < -0.39 is 5.79 Å². The first-order valence-corrected chi connectivity index (χ1v) is 7.03. The first-order valence-electron chi connectivity index (χ1n) is 7.03. The largest absolute Gasteiger partial charge is 0.449 e. The standard InChI is InChI=1S/C15H22N2O2/c1-15(7-8-17-11-9-16(2)10-12-17)18-13-5-3-4-6-14(13)19-15/h3-6H,7-12H2,1-2H3. The topological polar surface area (TPSA) is 24.9 Å². The molecular formula is C15H22N2O2. The van der Waals surface area contributed by atoms with Crippen molar-refractivity contribution >= 4 is 0 Å². The second-order valence-electron chi connectivity index (χ2n) is 5.68. The summed E-state index contributed by atoms with van der Waals surface area (Å²) in [5.74, 6) is 1.22. The lowest BCUT2D eigenvalue weighted by molar-refractivity contribution is -0.0745. The van der Waals surface area contributed by atoms with Gasteiger partial charge in [-0.1, -0.05) is 12.1 Å². The summed E-state index contributed by atoms with van der Waals surface area (Å²) in [7, 11) is 2.18. The Morgan fingerprint density at radius 1 is 1.05 bits per heavy atom. The van der Waals surface area contributed by atoms with Crippen molar-refractivity contribution in [1.29, 1.82) is 0 Å². The van der Waals surface area contributed by atoms with Gasteiger partial charge in [0, 0.05) is 46.1 Å². The van der Waals surface area contributed by atoms with Gasteiger partial charge in [-0.05, 0) is 19.2 Å². The number of nitrogens with zero attached hydrogens (tertiary/aromatic N) is 2. The summed E-state index contributed by atoms with van der Waals surface area (Å²) >= 11 is 0. The molecule has 0 aliphatic carbocycles. The van der Waals surface area contributed by atoms with Gasteiger partial charge in [0.15, 0.2) is 11.5 Å². The summed E-state index contributed by atoms with van der Waals surface area (Å²) in [6.07, 6.45) is 0.894. The molecule has 104 valence electrons. The average molecular weight is 262 g/mol. The van der Waals surface area contributed by atoms with Gasteiger partial charge < -0.3 is 19.3 Å². The van der Waals surface area contributed by atoms with Crippen LogP contribution in [-0.4, -0.2) is 55.4 Å². The van der Waals surface area contributed by atoms with Gasteiger partial charge in [0.25, 0.3) is 0 Å². The van der Waals surface area contributed by atoms with E-state index in [9.17, 15) is 0 Å². The van der Waals surface area contributed by atoms with E-state index in [1.807, 2.05) is 31.2 Å². The third-order valence-corrected chi connectivity index (χ3v) is 3.98. The van der Waals surface area contributed by atoms with Crippen molar-refractivity contribution in [2.24, 2.45) is 0 Å². The van der Waals surface area contributed by atoms with E-state index in [4.69, 9.17) is 9.47 Å². The molecule has 0 bridgehead atoms. The predicted octanol–water partition coefficient (Wildman–Crippen LogP) is 1.81. The highest BCUT2D eigenvalue weighted by molar-refractivity contribution is 5.42. The van der Waals surface area contributed by atoms with Gasteiger partial charge in [0.2, 0.25) is 5.79 Å². The van der Waals surface area contributed by atoms with E-state index in [-0.39, 0.29) is 0 Å². The Kier molecular flexibility index (Phi) is 3.37. The monoisotopic (exact) mass is 262 g/mol. The number of likely N-dealkylation sites (N-methyl/N-ethyl adjacent to an activating group) is 1. The minimum Gasteiger partial charge on any atom is -0.449 e. The van der Waals surface area contributed by atoms with E-state index in [2.05, 4.69) is 16.8 Å². The van der Waals surface area contributed by atoms with Crippen molar-refractivity contribution < 1.29 is 9.47 Å². The molecular weight excluding hydrogens is 240 g/mol. The average Bonchev–Trinajstić information content (AvgIpc) is 2.75. The number of hydrogen-bond donors (Lipinski definition) is 0. The van der Waals surface area contributed by atoms with Gasteiger partial charge in [-0.25, -0.2) is 0 Å². The third kappa shape index (κ3) is 2.85. The summed E-state index contributed by atoms with van der Waals surface area (Å²) < 4.78 is 11.9. The first kappa shape index (κ1) is 12.8. The van der Waals surface area contributed by atoms with E-state index in [0.29, 0.717) is 0 Å². The van der Waals surface area contributed by atoms with Crippen molar-refractivity contribution in [3.63, 3.8) is 0 Å². The quantitative estimate of drug-likeness (QED) is 0.829. The van der Waals surface area contributed by atoms with E-state index in [1.165, 1.54) is 0 Å². The second kappa shape index (κ2) is 5.02. The van der Waals surface area contributed by atoms with Gasteiger partial charge in [-0.2, -0.15) is 0 Å². The van der Waals surface area contributed by atoms with E-state index >= 15 is 0 Å². The molecule has 2 aliphatic rings. The number of piperazine rings is 1. The van der Waals surface area contributed by atoms with Crippen LogP contribution in [0.4, 0.5) is 0 Å². The van der Waals surface area contributed by atoms with Gasteiger partial charge >= 0.3 is 0 Å². The van der Waals surface area contributed by atoms with Crippen LogP contribution in [0.2, 0.25) is 0 Å². The number of para-hydroxylation sites is 2. The summed E-state index contributed by atoms with van der Waals surface area (Å²) in [4.78, 5) is 4.86. The van der Waals surface area contributed by atoms with Crippen LogP contribution in [0.15, 0.2) is 24.3 Å². The van der Waals surface area contributed by atoms with E-state index in [0.717, 1.165) is 50.6 Å². The summed E-state index contributed by atoms with van der Waals surface area (Å²) in [6, 6.07) is 7.90. The first-order chi connectivity index (χ1) is 9.15. The van der Waals surface area contributed by atoms with Crippen LogP contribution in [0, 0.1) is 0 Å². The SMILES string of the molecule is CN1CCN(CCC2(C)Oc3ccccc3O2)CC1. The zero-order valence-electron chi connectivity index (χ0n) is 11.8. The van der Waals surface area contributed by atoms with Gasteiger partial charge in [-0.15, -0.1) is 0 Å². The molecule has 0 radical (unpaired) electrons. The number of benzene rings is 1. The molecule has 0 N–H and O–H groups in total. The molecule has 4 nitrogen and oxygen atoms in total.